The van der Waals surface area contributed by atoms with Gasteiger partial charge in [0.15, 0.2) is 11.6 Å². The summed E-state index contributed by atoms with van der Waals surface area (Å²) in [6.45, 7) is 5.52. The number of ketones is 1. The second-order valence-corrected chi connectivity index (χ2v) is 3.69. The number of aryl methyl sites for hydroxylation is 1. The maximum Gasteiger partial charge on any atom is 0.294 e. The Kier molecular flexibility index (Phi) is 4.43. The first-order valence-electron chi connectivity index (χ1n) is 5.93. The monoisotopic (exact) mass is 237 g/mol. The van der Waals surface area contributed by atoms with Gasteiger partial charge in [-0.2, -0.15) is 0 Å². The fourth-order valence-electron chi connectivity index (χ4n) is 2.00. The first-order valence-corrected chi connectivity index (χ1v) is 5.93. The van der Waals surface area contributed by atoms with Gasteiger partial charge in [-0.3, -0.25) is 14.2 Å². The number of nitrogens with one attached hydrogen (secondary N) is 1. The van der Waals surface area contributed by atoms with E-state index in [1.54, 1.807) is 17.8 Å². The zero-order chi connectivity index (χ0) is 13.0. The van der Waals surface area contributed by atoms with Crippen molar-refractivity contribution in [1.29, 1.82) is 0 Å². The fraction of sp³-hybridized carbons (Fsp3) is 0.583. The number of hydrogen-bond acceptors (Lipinski definition) is 4. The van der Waals surface area contributed by atoms with Crippen molar-refractivity contribution in [3.05, 3.63) is 22.2 Å². The lowest BCUT2D eigenvalue weighted by atomic mass is 10.1. The molecule has 0 spiro atoms. The Morgan fingerprint density at radius 2 is 2.18 bits per heavy atom. The summed E-state index contributed by atoms with van der Waals surface area (Å²) in [5, 5.41) is 2.73. The summed E-state index contributed by atoms with van der Waals surface area (Å²) >= 11 is 0. The normalized spacial score (nSPS) is 16.8. The van der Waals surface area contributed by atoms with Crippen LogP contribution in [-0.2, 0) is 11.2 Å². The number of aromatic nitrogens is 2. The molecule has 1 aliphatic rings. The highest BCUT2D eigenvalue weighted by molar-refractivity contribution is 5.80. The van der Waals surface area contributed by atoms with Crippen molar-refractivity contribution in [2.75, 3.05) is 12.4 Å². The van der Waals surface area contributed by atoms with Gasteiger partial charge in [0.25, 0.3) is 5.56 Å². The first kappa shape index (κ1) is 13.4. The summed E-state index contributed by atoms with van der Waals surface area (Å²) in [5.74, 6) is 0.330. The van der Waals surface area contributed by atoms with Gasteiger partial charge in [-0.1, -0.05) is 13.8 Å². The van der Waals surface area contributed by atoms with Crippen molar-refractivity contribution in [2.45, 2.75) is 39.7 Å². The Morgan fingerprint density at radius 3 is 2.71 bits per heavy atom. The Hall–Kier alpha value is -1.65. The van der Waals surface area contributed by atoms with Crippen LogP contribution in [0.4, 0.5) is 5.82 Å². The predicted octanol–water partition coefficient (Wildman–Crippen LogP) is 1.39. The number of anilines is 1. The van der Waals surface area contributed by atoms with Crippen LogP contribution >= 0.6 is 0 Å². The number of rotatable bonds is 2. The van der Waals surface area contributed by atoms with Gasteiger partial charge in [0, 0.05) is 18.9 Å². The molecular weight excluding hydrogens is 218 g/mol. The summed E-state index contributed by atoms with van der Waals surface area (Å²) in [7, 11) is 1.65. The Labute approximate surface area is 101 Å². The van der Waals surface area contributed by atoms with Gasteiger partial charge in [-0.25, -0.2) is 4.98 Å². The van der Waals surface area contributed by atoms with Crippen LogP contribution in [0.1, 0.15) is 38.9 Å². The molecule has 0 bridgehead atoms. The third-order valence-corrected chi connectivity index (χ3v) is 2.77. The van der Waals surface area contributed by atoms with Gasteiger partial charge in [0.05, 0.1) is 6.04 Å². The number of Topliss-reactive ketones (excluding diaryl/α,β-unsaturated/α-hetero) is 1. The molecule has 2 heterocycles. The number of fused-ring (bicyclic) bond motifs is 1. The van der Waals surface area contributed by atoms with E-state index in [4.69, 9.17) is 0 Å². The van der Waals surface area contributed by atoms with Crippen LogP contribution < -0.4 is 10.9 Å². The van der Waals surface area contributed by atoms with Gasteiger partial charge in [-0.05, 0) is 19.8 Å². The highest BCUT2D eigenvalue weighted by atomic mass is 16.1. The summed E-state index contributed by atoms with van der Waals surface area (Å²) in [6.07, 6.45) is 3.12. The molecule has 1 unspecified atom stereocenters. The van der Waals surface area contributed by atoms with E-state index in [0.29, 0.717) is 12.2 Å². The molecule has 17 heavy (non-hydrogen) atoms. The van der Waals surface area contributed by atoms with E-state index in [1.807, 2.05) is 13.8 Å². The molecule has 1 aliphatic heterocycles. The molecule has 1 aromatic rings. The van der Waals surface area contributed by atoms with Crippen LogP contribution in [0.3, 0.4) is 0 Å². The molecule has 1 atom stereocenters. The lowest BCUT2D eigenvalue weighted by Gasteiger charge is -2.11. The van der Waals surface area contributed by atoms with Gasteiger partial charge in [-0.15, -0.1) is 0 Å². The van der Waals surface area contributed by atoms with E-state index in [-0.39, 0.29) is 17.4 Å². The number of carbonyl (C=O) groups excluding carboxylic acids is 1. The maximum atomic E-state index is 11.9. The van der Waals surface area contributed by atoms with Crippen molar-refractivity contribution >= 4 is 11.6 Å². The lowest BCUT2D eigenvalue weighted by Crippen LogP contribution is -2.29. The molecule has 2 rings (SSSR count). The van der Waals surface area contributed by atoms with E-state index in [2.05, 4.69) is 10.3 Å². The molecule has 94 valence electrons. The summed E-state index contributed by atoms with van der Waals surface area (Å²) in [5.41, 5.74) is 0.645. The molecule has 0 saturated heterocycles. The van der Waals surface area contributed by atoms with Crippen LogP contribution in [0.5, 0.6) is 0 Å². The second kappa shape index (κ2) is 5.61. The third kappa shape index (κ3) is 2.38. The van der Waals surface area contributed by atoms with Crippen LogP contribution in [-0.4, -0.2) is 22.4 Å². The van der Waals surface area contributed by atoms with Crippen molar-refractivity contribution in [2.24, 2.45) is 0 Å². The van der Waals surface area contributed by atoms with Gasteiger partial charge in [0.1, 0.15) is 0 Å². The van der Waals surface area contributed by atoms with Gasteiger partial charge >= 0.3 is 0 Å². The predicted molar refractivity (Wildman–Crippen MR) is 67.4 cm³/mol. The summed E-state index contributed by atoms with van der Waals surface area (Å²) in [6, 6.07) is -0.303. The topological polar surface area (TPSA) is 64.0 Å². The molecule has 0 aromatic carbocycles. The highest BCUT2D eigenvalue weighted by Crippen LogP contribution is 2.24. The summed E-state index contributed by atoms with van der Waals surface area (Å²) < 4.78 is 1.56. The molecule has 5 nitrogen and oxygen atoms in total. The molecule has 0 amide bonds. The van der Waals surface area contributed by atoms with Crippen molar-refractivity contribution in [1.82, 2.24) is 9.55 Å². The molecule has 1 aromatic heterocycles. The van der Waals surface area contributed by atoms with Crippen molar-refractivity contribution < 1.29 is 4.79 Å². The third-order valence-electron chi connectivity index (χ3n) is 2.77. The van der Waals surface area contributed by atoms with E-state index >= 15 is 0 Å². The minimum absolute atomic E-state index is 0.0316. The zero-order valence-electron chi connectivity index (χ0n) is 10.8. The minimum Gasteiger partial charge on any atom is -0.369 e. The van der Waals surface area contributed by atoms with Gasteiger partial charge in [0.2, 0.25) is 0 Å². The Bertz CT molecular complexity index is 465. The van der Waals surface area contributed by atoms with E-state index < -0.39 is 0 Å². The zero-order valence-corrected chi connectivity index (χ0v) is 10.8. The largest absolute Gasteiger partial charge is 0.369 e. The average molecular weight is 237 g/mol. The molecule has 1 N–H and O–H groups in total. The van der Waals surface area contributed by atoms with Crippen molar-refractivity contribution in [3.8, 4) is 0 Å². The second-order valence-electron chi connectivity index (χ2n) is 3.69. The average Bonchev–Trinajstić information content (AvgIpc) is 2.77. The molecule has 0 radical (unpaired) electrons. The molecule has 0 fully saturated rings. The van der Waals surface area contributed by atoms with E-state index in [9.17, 15) is 9.59 Å². The Balaban J connectivity index is 0.000000686. The Morgan fingerprint density at radius 1 is 1.53 bits per heavy atom. The molecule has 5 heteroatoms. The standard InChI is InChI=1S/C10H13N3O2.C2H6/c1-6(14)8-4-3-7-5-12-9(11-2)10(15)13(7)8;1-2/h5,8H,3-4H2,1-2H3,(H,11,12);1-2H3. The molecular formula is C12H19N3O2. The van der Waals surface area contributed by atoms with Crippen molar-refractivity contribution in [3.63, 3.8) is 0 Å². The maximum absolute atomic E-state index is 11.9. The minimum atomic E-state index is -0.303. The van der Waals surface area contributed by atoms with E-state index in [1.165, 1.54) is 6.92 Å². The fourth-order valence-corrected chi connectivity index (χ4v) is 2.00. The smallest absolute Gasteiger partial charge is 0.294 e. The number of hydrogen-bond donors (Lipinski definition) is 1. The lowest BCUT2D eigenvalue weighted by molar-refractivity contribution is -0.119. The van der Waals surface area contributed by atoms with Crippen LogP contribution in [0, 0.1) is 0 Å². The van der Waals surface area contributed by atoms with Crippen LogP contribution in [0.25, 0.3) is 0 Å². The SMILES string of the molecule is CC.CNc1ncc2n(c1=O)C(C(C)=O)CC2. The number of nitrogens with zero attached hydrogens (tertiary/aromatic N) is 2. The molecule has 0 saturated carbocycles. The van der Waals surface area contributed by atoms with Gasteiger partial charge < -0.3 is 5.32 Å². The number of carbonyl (C=O) groups is 1. The quantitative estimate of drug-likeness (QED) is 0.844. The van der Waals surface area contributed by atoms with Crippen LogP contribution in [0.2, 0.25) is 0 Å². The first-order chi connectivity index (χ1) is 8.15. The van der Waals surface area contributed by atoms with Crippen LogP contribution in [0.15, 0.2) is 11.0 Å². The van der Waals surface area contributed by atoms with E-state index in [0.717, 1.165) is 12.1 Å². The molecule has 0 aliphatic carbocycles. The summed E-state index contributed by atoms with van der Waals surface area (Å²) in [4.78, 5) is 27.3. The highest BCUT2D eigenvalue weighted by Gasteiger charge is 2.27.